The maximum Gasteiger partial charge on any atom is 0.340 e. The van der Waals surface area contributed by atoms with E-state index in [4.69, 9.17) is 9.47 Å². The van der Waals surface area contributed by atoms with Crippen LogP contribution in [-0.2, 0) is 29.1 Å². The van der Waals surface area contributed by atoms with Crippen molar-refractivity contribution in [1.29, 1.82) is 0 Å². The van der Waals surface area contributed by atoms with Gasteiger partial charge < -0.3 is 14.4 Å². The van der Waals surface area contributed by atoms with Crippen LogP contribution < -0.4 is 4.72 Å². The van der Waals surface area contributed by atoms with Crippen molar-refractivity contribution in [1.82, 2.24) is 4.90 Å². The number of amides is 1. The number of halogens is 1. The molecule has 0 spiro atoms. The van der Waals surface area contributed by atoms with E-state index < -0.39 is 22.6 Å². The molecule has 9 nitrogen and oxygen atoms in total. The first kappa shape index (κ1) is 25.2. The number of para-hydroxylation sites is 1. The summed E-state index contributed by atoms with van der Waals surface area (Å²) in [4.78, 5) is 38.4. The lowest BCUT2D eigenvalue weighted by atomic mass is 9.97. The molecule has 1 aromatic carbocycles. The molecule has 33 heavy (non-hydrogen) atoms. The summed E-state index contributed by atoms with van der Waals surface area (Å²) in [6, 6.07) is 9.07. The van der Waals surface area contributed by atoms with Crippen LogP contribution in [0.5, 0.6) is 0 Å². The van der Waals surface area contributed by atoms with Crippen molar-refractivity contribution < 1.29 is 32.3 Å². The quantitative estimate of drug-likeness (QED) is 0.493. The summed E-state index contributed by atoms with van der Waals surface area (Å²) >= 11 is 4.26. The summed E-state index contributed by atoms with van der Waals surface area (Å²) in [5, 5.41) is 0. The average Bonchev–Trinajstić information content (AvgIpc) is 3.25. The van der Waals surface area contributed by atoms with Crippen LogP contribution in [0.3, 0.4) is 0 Å². The van der Waals surface area contributed by atoms with Gasteiger partial charge in [0.05, 0.1) is 27.6 Å². The Morgan fingerprint density at radius 3 is 2.45 bits per heavy atom. The molecule has 2 heterocycles. The molecule has 1 fully saturated rings. The predicted octanol–water partition coefficient (Wildman–Crippen LogP) is 3.27. The van der Waals surface area contributed by atoms with Crippen LogP contribution >= 0.6 is 27.3 Å². The van der Waals surface area contributed by atoms with Gasteiger partial charge in [-0.05, 0) is 60.0 Å². The summed E-state index contributed by atoms with van der Waals surface area (Å²) in [6.07, 6.45) is 0.976. The summed E-state index contributed by atoms with van der Waals surface area (Å²) < 4.78 is 38.5. The molecule has 1 aliphatic heterocycles. The van der Waals surface area contributed by atoms with Gasteiger partial charge in [0.1, 0.15) is 4.21 Å². The van der Waals surface area contributed by atoms with Crippen molar-refractivity contribution >= 4 is 60.8 Å². The van der Waals surface area contributed by atoms with Crippen LogP contribution in [0.4, 0.5) is 5.69 Å². The number of rotatable bonds is 8. The Bertz CT molecular complexity index is 1130. The van der Waals surface area contributed by atoms with Crippen LogP contribution in [0.2, 0.25) is 0 Å². The minimum absolute atomic E-state index is 0.00878. The maximum atomic E-state index is 12.6. The van der Waals surface area contributed by atoms with Gasteiger partial charge in [0.2, 0.25) is 0 Å². The number of hydrogen-bond acceptors (Lipinski definition) is 8. The number of anilines is 1. The van der Waals surface area contributed by atoms with Gasteiger partial charge in [0.15, 0.2) is 6.61 Å². The van der Waals surface area contributed by atoms with E-state index in [0.29, 0.717) is 36.3 Å². The van der Waals surface area contributed by atoms with E-state index in [-0.39, 0.29) is 33.3 Å². The third-order valence-corrected chi connectivity index (χ3v) is 8.48. The molecule has 0 bridgehead atoms. The minimum atomic E-state index is -3.90. The Morgan fingerprint density at radius 1 is 1.12 bits per heavy atom. The second kappa shape index (κ2) is 11.1. The van der Waals surface area contributed by atoms with Crippen molar-refractivity contribution in [2.75, 3.05) is 31.0 Å². The van der Waals surface area contributed by atoms with Gasteiger partial charge in [-0.2, -0.15) is 0 Å². The number of carbonyl (C=O) groups excluding carboxylic acids is 3. The fourth-order valence-electron chi connectivity index (χ4n) is 3.31. The van der Waals surface area contributed by atoms with E-state index >= 15 is 0 Å². The highest BCUT2D eigenvalue weighted by molar-refractivity contribution is 9.11. The molecule has 2 aromatic rings. The number of thiophene rings is 1. The van der Waals surface area contributed by atoms with Gasteiger partial charge in [-0.25, -0.2) is 13.2 Å². The van der Waals surface area contributed by atoms with E-state index in [0.717, 1.165) is 11.3 Å². The summed E-state index contributed by atoms with van der Waals surface area (Å²) in [6.45, 7) is 2.31. The van der Waals surface area contributed by atoms with Crippen molar-refractivity contribution in [2.45, 2.75) is 24.0 Å². The topological polar surface area (TPSA) is 119 Å². The Morgan fingerprint density at radius 2 is 1.82 bits per heavy atom. The number of benzene rings is 1. The number of nitrogens with zero attached hydrogens (tertiary/aromatic N) is 1. The van der Waals surface area contributed by atoms with Crippen LogP contribution in [-0.4, -0.2) is 57.5 Å². The average molecular weight is 559 g/mol. The second-order valence-corrected chi connectivity index (χ2v) is 11.6. The van der Waals surface area contributed by atoms with E-state index in [1.54, 1.807) is 25.1 Å². The molecule has 1 amide bonds. The summed E-state index contributed by atoms with van der Waals surface area (Å²) in [7, 11) is -3.90. The zero-order valence-corrected chi connectivity index (χ0v) is 21.0. The normalized spacial score (nSPS) is 14.5. The molecular weight excluding hydrogens is 536 g/mol. The largest absolute Gasteiger partial charge is 0.466 e. The fourth-order valence-corrected chi connectivity index (χ4v) is 6.40. The number of sulfonamides is 1. The Kier molecular flexibility index (Phi) is 8.49. The van der Waals surface area contributed by atoms with Crippen LogP contribution in [0, 0.1) is 5.92 Å². The fraction of sp³-hybridized carbons (Fsp3) is 0.381. The number of ether oxygens (including phenoxy) is 2. The maximum absolute atomic E-state index is 12.6. The number of esters is 2. The van der Waals surface area contributed by atoms with Gasteiger partial charge in [-0.15, -0.1) is 11.3 Å². The van der Waals surface area contributed by atoms with Crippen LogP contribution in [0.15, 0.2) is 44.4 Å². The lowest BCUT2D eigenvalue weighted by Gasteiger charge is -2.30. The number of likely N-dealkylation sites (tertiary alicyclic amines) is 1. The molecule has 0 atom stereocenters. The molecule has 1 saturated heterocycles. The van der Waals surface area contributed by atoms with Crippen LogP contribution in [0.1, 0.15) is 30.1 Å². The Balaban J connectivity index is 1.58. The SMILES string of the molecule is CCOC(=O)C1CCN(C(=O)COC(=O)c2ccccc2NS(=O)(=O)c2ccc(Br)s2)CC1. The summed E-state index contributed by atoms with van der Waals surface area (Å²) in [5.74, 6) is -1.70. The highest BCUT2D eigenvalue weighted by atomic mass is 79.9. The molecule has 3 rings (SSSR count). The molecule has 0 aliphatic carbocycles. The molecule has 12 heteroatoms. The van der Waals surface area contributed by atoms with Crippen molar-refractivity contribution in [3.63, 3.8) is 0 Å². The molecular formula is C21H23BrN2O7S2. The highest BCUT2D eigenvalue weighted by Gasteiger charge is 2.29. The van der Waals surface area contributed by atoms with E-state index in [2.05, 4.69) is 20.7 Å². The van der Waals surface area contributed by atoms with Gasteiger partial charge >= 0.3 is 11.9 Å². The number of carbonyl (C=O) groups is 3. The second-order valence-electron chi connectivity index (χ2n) is 7.19. The molecule has 178 valence electrons. The predicted molar refractivity (Wildman–Crippen MR) is 125 cm³/mol. The molecule has 1 aliphatic rings. The van der Waals surface area contributed by atoms with Crippen LogP contribution in [0.25, 0.3) is 0 Å². The monoisotopic (exact) mass is 558 g/mol. The molecule has 0 radical (unpaired) electrons. The smallest absolute Gasteiger partial charge is 0.340 e. The molecule has 0 saturated carbocycles. The van der Waals surface area contributed by atoms with Crippen molar-refractivity contribution in [3.8, 4) is 0 Å². The molecule has 0 unspecified atom stereocenters. The van der Waals surface area contributed by atoms with Gasteiger partial charge in [0.25, 0.3) is 15.9 Å². The lowest BCUT2D eigenvalue weighted by molar-refractivity contribution is -0.151. The zero-order valence-electron chi connectivity index (χ0n) is 17.8. The lowest BCUT2D eigenvalue weighted by Crippen LogP contribution is -2.42. The third kappa shape index (κ3) is 6.55. The zero-order chi connectivity index (χ0) is 24.0. The Labute approximate surface area is 204 Å². The number of nitrogens with one attached hydrogen (secondary N) is 1. The first-order valence-electron chi connectivity index (χ1n) is 10.2. The van der Waals surface area contributed by atoms with E-state index in [1.165, 1.54) is 23.1 Å². The third-order valence-electron chi connectivity index (χ3n) is 5.00. The van der Waals surface area contributed by atoms with Crippen molar-refractivity contribution in [3.05, 3.63) is 45.7 Å². The number of piperidine rings is 1. The van der Waals surface area contributed by atoms with Gasteiger partial charge in [0, 0.05) is 13.1 Å². The molecule has 1 N–H and O–H groups in total. The first-order chi connectivity index (χ1) is 15.7. The minimum Gasteiger partial charge on any atom is -0.466 e. The Hall–Kier alpha value is -2.44. The van der Waals surface area contributed by atoms with Gasteiger partial charge in [-0.1, -0.05) is 12.1 Å². The highest BCUT2D eigenvalue weighted by Crippen LogP contribution is 2.28. The summed E-state index contributed by atoms with van der Waals surface area (Å²) in [5.41, 5.74) is 0.0419. The standard InChI is InChI=1S/C21H23BrN2O7S2/c1-2-30-20(26)14-9-11-24(12-10-14)18(25)13-31-21(27)15-5-3-4-6-16(15)23-33(28,29)19-8-7-17(22)32-19/h3-8,14,23H,2,9-13H2,1H3. The number of hydrogen-bond donors (Lipinski definition) is 1. The van der Waals surface area contributed by atoms with E-state index in [9.17, 15) is 22.8 Å². The van der Waals surface area contributed by atoms with Crippen molar-refractivity contribution in [2.24, 2.45) is 5.92 Å². The van der Waals surface area contributed by atoms with Gasteiger partial charge in [-0.3, -0.25) is 14.3 Å². The van der Waals surface area contributed by atoms with E-state index in [1.807, 2.05) is 0 Å². The molecule has 1 aromatic heterocycles. The first-order valence-corrected chi connectivity index (χ1v) is 13.3.